The standard InChI is InChI=1S/C8H12N2O2.2ClH.Pt/c1-11-7-3-5(9)6(10)4-8(7)12-2;;;/h3-4H,9-10H2,1-2H3;2*1H;/q;;;+2/p-2. The van der Waals surface area contributed by atoms with Gasteiger partial charge in [0, 0.05) is 12.1 Å². The van der Waals surface area contributed by atoms with Crippen molar-refractivity contribution >= 4 is 30.2 Å². The topological polar surface area (TPSA) is 70.5 Å². The van der Waals surface area contributed by atoms with Crippen molar-refractivity contribution < 1.29 is 26.0 Å². The fourth-order valence-corrected chi connectivity index (χ4v) is 0.910. The molecule has 15 heavy (non-hydrogen) atoms. The van der Waals surface area contributed by atoms with Crippen LogP contribution in [0.15, 0.2) is 12.1 Å². The molecule has 0 atom stereocenters. The Kier molecular flexibility index (Phi) is 7.75. The monoisotopic (exact) mass is 433 g/mol. The van der Waals surface area contributed by atoms with Gasteiger partial charge < -0.3 is 20.9 Å². The van der Waals surface area contributed by atoms with Crippen molar-refractivity contribution in [2.75, 3.05) is 25.7 Å². The normalized spacial score (nSPS) is 9.07. The molecular weight excluding hydrogens is 422 g/mol. The van der Waals surface area contributed by atoms with E-state index in [1.165, 1.54) is 0 Å². The van der Waals surface area contributed by atoms with Crippen LogP contribution in [0, 0.1) is 0 Å². The molecule has 0 radical (unpaired) electrons. The fraction of sp³-hybridized carbons (Fsp3) is 0.250. The van der Waals surface area contributed by atoms with E-state index in [1.54, 1.807) is 26.4 Å². The summed E-state index contributed by atoms with van der Waals surface area (Å²) in [6, 6.07) is 3.27. The van der Waals surface area contributed by atoms with Crippen LogP contribution in [0.3, 0.4) is 0 Å². The Bertz CT molecular complexity index is 284. The van der Waals surface area contributed by atoms with Gasteiger partial charge in [0.25, 0.3) is 0 Å². The van der Waals surface area contributed by atoms with Crippen molar-refractivity contribution in [2.24, 2.45) is 0 Å². The van der Waals surface area contributed by atoms with Gasteiger partial charge in [-0.3, -0.25) is 0 Å². The van der Waals surface area contributed by atoms with Gasteiger partial charge in [-0.15, -0.1) is 0 Å². The zero-order valence-corrected chi connectivity index (χ0v) is 12.0. The zero-order valence-electron chi connectivity index (χ0n) is 8.20. The Labute approximate surface area is 105 Å². The summed E-state index contributed by atoms with van der Waals surface area (Å²) >= 11 is -0.472. The maximum absolute atomic E-state index is 5.56. The van der Waals surface area contributed by atoms with Gasteiger partial charge in [0.1, 0.15) is 0 Å². The van der Waals surface area contributed by atoms with Gasteiger partial charge in [0.15, 0.2) is 11.5 Å². The molecule has 0 aromatic heterocycles. The van der Waals surface area contributed by atoms with E-state index < -0.39 is 16.5 Å². The molecule has 0 saturated carbocycles. The third kappa shape index (κ3) is 4.82. The quantitative estimate of drug-likeness (QED) is 0.701. The van der Waals surface area contributed by atoms with Gasteiger partial charge in [0.2, 0.25) is 0 Å². The molecule has 0 amide bonds. The number of ether oxygens (including phenoxy) is 2. The number of nitrogens with two attached hydrogens (primary N) is 2. The van der Waals surface area contributed by atoms with Crippen molar-refractivity contribution in [2.45, 2.75) is 0 Å². The molecule has 0 aliphatic rings. The summed E-state index contributed by atoms with van der Waals surface area (Å²) in [4.78, 5) is 0. The number of anilines is 2. The van der Waals surface area contributed by atoms with Crippen LogP contribution in [-0.2, 0) is 16.5 Å². The third-order valence-electron chi connectivity index (χ3n) is 1.59. The second-order valence-electron chi connectivity index (χ2n) is 2.38. The molecule has 1 aromatic rings. The van der Waals surface area contributed by atoms with E-state index in [2.05, 4.69) is 0 Å². The van der Waals surface area contributed by atoms with Crippen molar-refractivity contribution in [3.05, 3.63) is 12.1 Å². The van der Waals surface area contributed by atoms with E-state index in [0.29, 0.717) is 22.9 Å². The van der Waals surface area contributed by atoms with Gasteiger partial charge in [0.05, 0.1) is 25.6 Å². The average molecular weight is 434 g/mol. The number of halogens is 2. The van der Waals surface area contributed by atoms with Crippen molar-refractivity contribution in [1.82, 2.24) is 0 Å². The molecule has 0 bridgehead atoms. The van der Waals surface area contributed by atoms with E-state index >= 15 is 0 Å². The molecule has 0 fully saturated rings. The molecule has 7 heteroatoms. The van der Waals surface area contributed by atoms with E-state index in [4.69, 9.17) is 39.8 Å². The molecular formula is C8H12Cl2N2O2Pt. The summed E-state index contributed by atoms with van der Waals surface area (Å²) in [5, 5.41) is 0. The van der Waals surface area contributed by atoms with Crippen LogP contribution in [0.2, 0.25) is 0 Å². The molecule has 90 valence electrons. The van der Waals surface area contributed by atoms with Gasteiger partial charge in [-0.05, 0) is 0 Å². The van der Waals surface area contributed by atoms with E-state index in [-0.39, 0.29) is 0 Å². The van der Waals surface area contributed by atoms with Crippen LogP contribution < -0.4 is 20.9 Å². The Balaban J connectivity index is 0.000000583. The van der Waals surface area contributed by atoms with Crippen LogP contribution in [0.25, 0.3) is 0 Å². The fourth-order valence-electron chi connectivity index (χ4n) is 0.910. The molecule has 0 heterocycles. The predicted octanol–water partition coefficient (Wildman–Crippen LogP) is 2.24. The summed E-state index contributed by atoms with van der Waals surface area (Å²) in [5.74, 6) is 1.17. The molecule has 1 aromatic carbocycles. The van der Waals surface area contributed by atoms with Crippen LogP contribution in [0.4, 0.5) is 11.4 Å². The van der Waals surface area contributed by atoms with E-state index in [0.717, 1.165) is 0 Å². The Morgan fingerprint density at radius 2 is 1.27 bits per heavy atom. The number of benzene rings is 1. The molecule has 0 spiro atoms. The summed E-state index contributed by atoms with van der Waals surface area (Å²) in [7, 11) is 12.8. The number of nitrogen functional groups attached to an aromatic ring is 2. The maximum atomic E-state index is 5.56. The molecule has 4 nitrogen and oxygen atoms in total. The number of hydrogen-bond donors (Lipinski definition) is 2. The van der Waals surface area contributed by atoms with Crippen LogP contribution in [-0.4, -0.2) is 14.2 Å². The Hall–Kier alpha value is -0.312. The minimum absolute atomic E-state index is 0.472. The molecule has 4 N–H and O–H groups in total. The predicted molar refractivity (Wildman–Crippen MR) is 60.1 cm³/mol. The minimum atomic E-state index is -0.472. The number of rotatable bonds is 2. The number of methoxy groups -OCH3 is 2. The van der Waals surface area contributed by atoms with Gasteiger partial charge >= 0.3 is 35.3 Å². The van der Waals surface area contributed by atoms with Crippen molar-refractivity contribution in [1.29, 1.82) is 0 Å². The first-order valence-electron chi connectivity index (χ1n) is 3.70. The Morgan fingerprint density at radius 1 is 1.00 bits per heavy atom. The SMILES string of the molecule is COc1cc(N)c(N)cc1OC.[Cl][Pt][Cl]. The first kappa shape index (κ1) is 14.7. The molecule has 0 unspecified atom stereocenters. The van der Waals surface area contributed by atoms with Crippen LogP contribution >= 0.6 is 18.8 Å². The van der Waals surface area contributed by atoms with E-state index in [9.17, 15) is 0 Å². The second kappa shape index (κ2) is 7.91. The summed E-state index contributed by atoms with van der Waals surface area (Å²) in [6.07, 6.45) is 0. The third-order valence-corrected chi connectivity index (χ3v) is 1.59. The molecule has 1 rings (SSSR count). The summed E-state index contributed by atoms with van der Waals surface area (Å²) in [6.45, 7) is 0. The van der Waals surface area contributed by atoms with E-state index in [1.807, 2.05) is 0 Å². The molecule has 0 aliphatic carbocycles. The number of hydrogen-bond acceptors (Lipinski definition) is 4. The van der Waals surface area contributed by atoms with Crippen molar-refractivity contribution in [3.63, 3.8) is 0 Å². The Morgan fingerprint density at radius 3 is 1.47 bits per heavy atom. The summed E-state index contributed by atoms with van der Waals surface area (Å²) in [5.41, 5.74) is 12.1. The van der Waals surface area contributed by atoms with Crippen LogP contribution in [0.1, 0.15) is 0 Å². The second-order valence-corrected chi connectivity index (χ2v) is 5.66. The first-order chi connectivity index (χ1) is 7.10. The molecule has 0 aliphatic heterocycles. The average Bonchev–Trinajstić information content (AvgIpc) is 2.22. The molecule has 0 saturated heterocycles. The van der Waals surface area contributed by atoms with Crippen LogP contribution in [0.5, 0.6) is 11.5 Å². The summed E-state index contributed by atoms with van der Waals surface area (Å²) < 4.78 is 10.0. The zero-order chi connectivity index (χ0) is 11.8. The van der Waals surface area contributed by atoms with Gasteiger partial charge in [-0.2, -0.15) is 0 Å². The van der Waals surface area contributed by atoms with Crippen molar-refractivity contribution in [3.8, 4) is 11.5 Å². The first-order valence-corrected chi connectivity index (χ1v) is 9.33. The van der Waals surface area contributed by atoms with Gasteiger partial charge in [-0.1, -0.05) is 0 Å². The van der Waals surface area contributed by atoms with Gasteiger partial charge in [-0.25, -0.2) is 0 Å².